The molecular formula is C18H28N2O3S. The van der Waals surface area contributed by atoms with Crippen LogP contribution >= 0.6 is 11.8 Å². The Balaban J connectivity index is 2.05. The molecule has 24 heavy (non-hydrogen) atoms. The second-order valence-corrected chi connectivity index (χ2v) is 7.21. The van der Waals surface area contributed by atoms with Crippen molar-refractivity contribution in [2.24, 2.45) is 5.73 Å². The van der Waals surface area contributed by atoms with Crippen LogP contribution in [0.4, 0.5) is 0 Å². The molecule has 2 rings (SSSR count). The minimum absolute atomic E-state index is 0.0663. The minimum atomic E-state index is -0.440. The van der Waals surface area contributed by atoms with Gasteiger partial charge in [-0.15, -0.1) is 0 Å². The number of benzene rings is 1. The Labute approximate surface area is 148 Å². The second kappa shape index (κ2) is 9.30. The van der Waals surface area contributed by atoms with Crippen LogP contribution in [-0.2, 0) is 14.9 Å². The number of ether oxygens (including phenoxy) is 2. The van der Waals surface area contributed by atoms with Crippen molar-refractivity contribution in [2.75, 3.05) is 38.9 Å². The lowest BCUT2D eigenvalue weighted by Gasteiger charge is -2.38. The molecule has 1 aromatic rings. The molecule has 1 aliphatic rings. The summed E-state index contributed by atoms with van der Waals surface area (Å²) in [5, 5.41) is 3.07. The normalized spacial score (nSPS) is 18.0. The van der Waals surface area contributed by atoms with E-state index in [1.165, 1.54) is 5.56 Å². The average molecular weight is 353 g/mol. The number of methoxy groups -OCH3 is 1. The molecule has 0 radical (unpaired) electrons. The molecule has 0 aliphatic carbocycles. The molecule has 1 aliphatic heterocycles. The van der Waals surface area contributed by atoms with Crippen molar-refractivity contribution < 1.29 is 14.3 Å². The Morgan fingerprint density at radius 2 is 2.04 bits per heavy atom. The van der Waals surface area contributed by atoms with Crippen LogP contribution in [0, 0.1) is 0 Å². The van der Waals surface area contributed by atoms with Crippen molar-refractivity contribution in [1.29, 1.82) is 0 Å². The number of rotatable bonds is 8. The summed E-state index contributed by atoms with van der Waals surface area (Å²) in [5.41, 5.74) is 7.09. The van der Waals surface area contributed by atoms with E-state index in [4.69, 9.17) is 15.2 Å². The van der Waals surface area contributed by atoms with Crippen molar-refractivity contribution in [2.45, 2.75) is 30.7 Å². The molecule has 0 bridgehead atoms. The first kappa shape index (κ1) is 19.1. The van der Waals surface area contributed by atoms with Crippen LogP contribution in [0.5, 0.6) is 5.75 Å². The zero-order valence-corrected chi connectivity index (χ0v) is 15.4. The van der Waals surface area contributed by atoms with Crippen molar-refractivity contribution in [1.82, 2.24) is 5.32 Å². The Hall–Kier alpha value is -1.24. The lowest BCUT2D eigenvalue weighted by molar-refractivity contribution is -0.122. The number of hydrogen-bond acceptors (Lipinski definition) is 5. The van der Waals surface area contributed by atoms with Gasteiger partial charge >= 0.3 is 0 Å². The first-order valence-corrected chi connectivity index (χ1v) is 9.75. The van der Waals surface area contributed by atoms with Gasteiger partial charge in [0.05, 0.1) is 13.2 Å². The molecule has 0 unspecified atom stereocenters. The molecule has 1 atom stereocenters. The Morgan fingerprint density at radius 3 is 2.62 bits per heavy atom. The van der Waals surface area contributed by atoms with Crippen molar-refractivity contribution in [3.05, 3.63) is 29.8 Å². The summed E-state index contributed by atoms with van der Waals surface area (Å²) < 4.78 is 10.8. The fourth-order valence-corrected chi connectivity index (χ4v) is 3.53. The van der Waals surface area contributed by atoms with Gasteiger partial charge in [-0.1, -0.05) is 12.1 Å². The smallest absolute Gasteiger partial charge is 0.236 e. The van der Waals surface area contributed by atoms with Crippen molar-refractivity contribution in [3.8, 4) is 5.75 Å². The molecule has 1 fully saturated rings. The van der Waals surface area contributed by atoms with Gasteiger partial charge in [0.2, 0.25) is 5.91 Å². The largest absolute Gasteiger partial charge is 0.497 e. The molecular weight excluding hydrogens is 324 g/mol. The van der Waals surface area contributed by atoms with Gasteiger partial charge in [0.1, 0.15) is 5.75 Å². The number of thioether (sulfide) groups is 1. The lowest BCUT2D eigenvalue weighted by atomic mass is 9.74. The minimum Gasteiger partial charge on any atom is -0.497 e. The monoisotopic (exact) mass is 352 g/mol. The third-order valence-electron chi connectivity index (χ3n) is 4.72. The van der Waals surface area contributed by atoms with Crippen LogP contribution in [0.3, 0.4) is 0 Å². The van der Waals surface area contributed by atoms with E-state index in [9.17, 15) is 4.79 Å². The van der Waals surface area contributed by atoms with Crippen LogP contribution in [0.1, 0.15) is 24.8 Å². The van der Waals surface area contributed by atoms with Gasteiger partial charge in [-0.2, -0.15) is 11.8 Å². The summed E-state index contributed by atoms with van der Waals surface area (Å²) in [6.45, 7) is 2.01. The topological polar surface area (TPSA) is 73.6 Å². The standard InChI is InChI=1S/C18H28N2O3S/c1-22-15-5-3-14(4-6-15)18(8-10-23-11-9-18)13-20-17(21)16(19)7-12-24-2/h3-6,16H,7-13,19H2,1-2H3,(H,20,21)/t16-/m0/s1. The van der Waals surface area contributed by atoms with Gasteiger partial charge in [-0.3, -0.25) is 4.79 Å². The van der Waals surface area contributed by atoms with E-state index in [0.717, 1.165) is 24.3 Å². The maximum Gasteiger partial charge on any atom is 0.236 e. The van der Waals surface area contributed by atoms with Gasteiger partial charge < -0.3 is 20.5 Å². The Bertz CT molecular complexity index is 516. The van der Waals surface area contributed by atoms with Crippen LogP contribution in [0.15, 0.2) is 24.3 Å². The molecule has 1 saturated heterocycles. The second-order valence-electron chi connectivity index (χ2n) is 6.23. The van der Waals surface area contributed by atoms with Crippen molar-refractivity contribution >= 4 is 17.7 Å². The van der Waals surface area contributed by atoms with E-state index in [1.54, 1.807) is 18.9 Å². The number of carbonyl (C=O) groups is 1. The molecule has 1 aromatic carbocycles. The summed E-state index contributed by atoms with van der Waals surface area (Å²) in [6, 6.07) is 7.68. The predicted octanol–water partition coefficient (Wildman–Crippen LogP) is 1.94. The highest BCUT2D eigenvalue weighted by atomic mass is 32.2. The zero-order chi connectivity index (χ0) is 17.4. The summed E-state index contributed by atoms with van der Waals surface area (Å²) in [7, 11) is 1.66. The van der Waals surface area contributed by atoms with Gasteiger partial charge in [0.25, 0.3) is 0 Å². The fourth-order valence-electron chi connectivity index (χ4n) is 3.04. The SMILES string of the molecule is COc1ccc(C2(CNC(=O)[C@@H](N)CCSC)CCOCC2)cc1. The number of carbonyl (C=O) groups excluding carboxylic acids is 1. The van der Waals surface area contributed by atoms with Crippen molar-refractivity contribution in [3.63, 3.8) is 0 Å². The molecule has 0 aromatic heterocycles. The van der Waals surface area contributed by atoms with Crippen LogP contribution in [-0.4, -0.2) is 50.8 Å². The average Bonchev–Trinajstić information content (AvgIpc) is 2.65. The van der Waals surface area contributed by atoms with Crippen LogP contribution < -0.4 is 15.8 Å². The summed E-state index contributed by atoms with van der Waals surface area (Å²) in [4.78, 5) is 12.3. The van der Waals surface area contributed by atoms with E-state index in [0.29, 0.717) is 26.2 Å². The van der Waals surface area contributed by atoms with E-state index in [-0.39, 0.29) is 11.3 Å². The summed E-state index contributed by atoms with van der Waals surface area (Å²) >= 11 is 1.70. The highest BCUT2D eigenvalue weighted by Crippen LogP contribution is 2.35. The Morgan fingerprint density at radius 1 is 1.38 bits per heavy atom. The number of nitrogens with two attached hydrogens (primary N) is 1. The van der Waals surface area contributed by atoms with E-state index in [2.05, 4.69) is 17.4 Å². The van der Waals surface area contributed by atoms with Gasteiger partial charge in [0, 0.05) is 25.2 Å². The highest BCUT2D eigenvalue weighted by molar-refractivity contribution is 7.98. The summed E-state index contributed by atoms with van der Waals surface area (Å²) in [5.74, 6) is 1.67. The van der Waals surface area contributed by atoms with E-state index in [1.807, 2.05) is 18.4 Å². The lowest BCUT2D eigenvalue weighted by Crippen LogP contribution is -2.49. The fraction of sp³-hybridized carbons (Fsp3) is 0.611. The maximum absolute atomic E-state index is 12.3. The number of hydrogen-bond donors (Lipinski definition) is 2. The van der Waals surface area contributed by atoms with E-state index >= 15 is 0 Å². The molecule has 1 heterocycles. The highest BCUT2D eigenvalue weighted by Gasteiger charge is 2.35. The third-order valence-corrected chi connectivity index (χ3v) is 5.37. The number of nitrogens with one attached hydrogen (secondary N) is 1. The molecule has 6 heteroatoms. The molecule has 0 spiro atoms. The third kappa shape index (κ3) is 4.88. The van der Waals surface area contributed by atoms with Crippen LogP contribution in [0.2, 0.25) is 0 Å². The van der Waals surface area contributed by atoms with Crippen LogP contribution in [0.25, 0.3) is 0 Å². The van der Waals surface area contributed by atoms with Gasteiger partial charge in [0.15, 0.2) is 0 Å². The molecule has 0 saturated carbocycles. The quantitative estimate of drug-likeness (QED) is 0.748. The molecule has 3 N–H and O–H groups in total. The van der Waals surface area contributed by atoms with Gasteiger partial charge in [-0.05, 0) is 49.0 Å². The molecule has 134 valence electrons. The first-order valence-electron chi connectivity index (χ1n) is 8.36. The first-order chi connectivity index (χ1) is 11.6. The Kier molecular flexibility index (Phi) is 7.40. The maximum atomic E-state index is 12.3. The molecule has 5 nitrogen and oxygen atoms in total. The van der Waals surface area contributed by atoms with E-state index < -0.39 is 6.04 Å². The zero-order valence-electron chi connectivity index (χ0n) is 14.5. The number of amides is 1. The predicted molar refractivity (Wildman–Crippen MR) is 98.7 cm³/mol. The molecule has 1 amide bonds. The van der Waals surface area contributed by atoms with Gasteiger partial charge in [-0.25, -0.2) is 0 Å². The summed E-state index contributed by atoms with van der Waals surface area (Å²) in [6.07, 6.45) is 4.50.